The molecule has 1 aromatic carbocycles. The van der Waals surface area contributed by atoms with Crippen LogP contribution in [0.5, 0.6) is 0 Å². The summed E-state index contributed by atoms with van der Waals surface area (Å²) in [7, 11) is 0. The molecule has 0 radical (unpaired) electrons. The Morgan fingerprint density at radius 1 is 1.11 bits per heavy atom. The summed E-state index contributed by atoms with van der Waals surface area (Å²) in [5, 5.41) is 0. The summed E-state index contributed by atoms with van der Waals surface area (Å²) in [4.78, 5) is 2.42. The fourth-order valence-corrected chi connectivity index (χ4v) is 4.04. The number of halogens is 2. The molecule has 2 fully saturated rings. The summed E-state index contributed by atoms with van der Waals surface area (Å²) < 4.78 is 14.1. The van der Waals surface area contributed by atoms with Crippen molar-refractivity contribution in [1.82, 2.24) is 0 Å². The third-order valence-corrected chi connectivity index (χ3v) is 5.40. The third-order valence-electron chi connectivity index (χ3n) is 4.80. The first kappa shape index (κ1) is 13.4. The van der Waals surface area contributed by atoms with Crippen LogP contribution in [-0.2, 0) is 0 Å². The lowest BCUT2D eigenvalue weighted by atomic mass is 9.73. The Hall–Kier alpha value is -0.570. The van der Waals surface area contributed by atoms with Gasteiger partial charge in [0.1, 0.15) is 5.82 Å². The minimum Gasteiger partial charge on any atom is -0.370 e. The lowest BCUT2D eigenvalue weighted by molar-refractivity contribution is 0.180. The first-order valence-electron chi connectivity index (χ1n) is 7.30. The zero-order valence-corrected chi connectivity index (χ0v) is 13.1. The normalized spacial score (nSPS) is 22.2. The molecule has 1 nitrogen and oxygen atoms in total. The number of hydrogen-bond acceptors (Lipinski definition) is 1. The lowest BCUT2D eigenvalue weighted by Gasteiger charge is -2.52. The molecule has 0 amide bonds. The van der Waals surface area contributed by atoms with Crippen LogP contribution in [0, 0.1) is 18.2 Å². The van der Waals surface area contributed by atoms with Crippen molar-refractivity contribution in [2.24, 2.45) is 5.41 Å². The zero-order chi connectivity index (χ0) is 13.5. The SMILES string of the molecule is Cc1cc(F)c(Br)cc1N1CC2(CCCCCC2)C1. The van der Waals surface area contributed by atoms with Gasteiger partial charge < -0.3 is 4.90 Å². The van der Waals surface area contributed by atoms with Crippen molar-refractivity contribution in [3.63, 3.8) is 0 Å². The van der Waals surface area contributed by atoms with Gasteiger partial charge >= 0.3 is 0 Å². The molecule has 3 rings (SSSR count). The molecule has 3 heteroatoms. The predicted octanol–water partition coefficient (Wildman–Crippen LogP) is 5.06. The first-order chi connectivity index (χ1) is 9.10. The van der Waals surface area contributed by atoms with E-state index in [0.29, 0.717) is 9.89 Å². The molecule has 1 saturated carbocycles. The average molecular weight is 326 g/mol. The van der Waals surface area contributed by atoms with E-state index in [2.05, 4.69) is 20.8 Å². The predicted molar refractivity (Wildman–Crippen MR) is 81.2 cm³/mol. The van der Waals surface area contributed by atoms with E-state index < -0.39 is 0 Å². The molecule has 1 heterocycles. The van der Waals surface area contributed by atoms with Crippen molar-refractivity contribution in [2.75, 3.05) is 18.0 Å². The van der Waals surface area contributed by atoms with Gasteiger partial charge in [-0.2, -0.15) is 0 Å². The van der Waals surface area contributed by atoms with E-state index in [1.54, 1.807) is 6.07 Å². The number of rotatable bonds is 1. The second-order valence-corrected chi connectivity index (χ2v) is 7.18. The minimum atomic E-state index is -0.161. The molecule has 0 atom stereocenters. The molecule has 0 aromatic heterocycles. The van der Waals surface area contributed by atoms with Gasteiger partial charge in [0.05, 0.1) is 4.47 Å². The summed E-state index contributed by atoms with van der Waals surface area (Å²) in [5.74, 6) is -0.161. The highest BCUT2D eigenvalue weighted by molar-refractivity contribution is 9.10. The van der Waals surface area contributed by atoms with Gasteiger partial charge in [-0.15, -0.1) is 0 Å². The van der Waals surface area contributed by atoms with Crippen LogP contribution in [0.15, 0.2) is 16.6 Å². The van der Waals surface area contributed by atoms with E-state index in [-0.39, 0.29) is 5.82 Å². The smallest absolute Gasteiger partial charge is 0.137 e. The van der Waals surface area contributed by atoms with Gasteiger partial charge in [0, 0.05) is 24.2 Å². The Kier molecular flexibility index (Phi) is 3.59. The van der Waals surface area contributed by atoms with E-state index in [9.17, 15) is 4.39 Å². The Balaban J connectivity index is 1.74. The molecular weight excluding hydrogens is 305 g/mol. The van der Waals surface area contributed by atoms with Gasteiger partial charge in [0.2, 0.25) is 0 Å². The van der Waals surface area contributed by atoms with Gasteiger partial charge in [-0.05, 0) is 53.4 Å². The van der Waals surface area contributed by atoms with Crippen molar-refractivity contribution in [1.29, 1.82) is 0 Å². The zero-order valence-electron chi connectivity index (χ0n) is 11.5. The van der Waals surface area contributed by atoms with Crippen molar-refractivity contribution in [2.45, 2.75) is 45.4 Å². The standard InChI is InChI=1S/C16H21BrFN/c1-12-8-14(18)13(17)9-15(12)19-10-16(11-19)6-4-2-3-5-7-16/h8-9H,2-7,10-11H2,1H3. The van der Waals surface area contributed by atoms with Gasteiger partial charge in [-0.1, -0.05) is 25.7 Å². The van der Waals surface area contributed by atoms with Crippen LogP contribution in [0.4, 0.5) is 10.1 Å². The quantitative estimate of drug-likeness (QED) is 0.697. The topological polar surface area (TPSA) is 3.24 Å². The number of aryl methyl sites for hydroxylation is 1. The highest BCUT2D eigenvalue weighted by Gasteiger charge is 2.42. The van der Waals surface area contributed by atoms with E-state index >= 15 is 0 Å². The largest absolute Gasteiger partial charge is 0.370 e. The monoisotopic (exact) mass is 325 g/mol. The number of hydrogen-bond donors (Lipinski definition) is 0. The molecule has 0 N–H and O–H groups in total. The highest BCUT2D eigenvalue weighted by Crippen LogP contribution is 2.45. The number of nitrogens with zero attached hydrogens (tertiary/aromatic N) is 1. The van der Waals surface area contributed by atoms with E-state index in [0.717, 1.165) is 18.7 Å². The summed E-state index contributed by atoms with van der Waals surface area (Å²) in [5.41, 5.74) is 2.80. The van der Waals surface area contributed by atoms with Crippen LogP contribution < -0.4 is 4.90 Å². The first-order valence-corrected chi connectivity index (χ1v) is 8.10. The molecule has 0 bridgehead atoms. The fourth-order valence-electron chi connectivity index (χ4n) is 3.71. The molecule has 1 aliphatic heterocycles. The summed E-state index contributed by atoms with van der Waals surface area (Å²) in [6, 6.07) is 3.58. The minimum absolute atomic E-state index is 0.161. The van der Waals surface area contributed by atoms with Gasteiger partial charge in [0.25, 0.3) is 0 Å². The number of benzene rings is 1. The second kappa shape index (κ2) is 5.08. The number of anilines is 1. The maximum absolute atomic E-state index is 13.5. The van der Waals surface area contributed by atoms with Crippen LogP contribution in [0.1, 0.15) is 44.1 Å². The summed E-state index contributed by atoms with van der Waals surface area (Å²) >= 11 is 3.30. The lowest BCUT2D eigenvalue weighted by Crippen LogP contribution is -2.56. The third kappa shape index (κ3) is 2.54. The van der Waals surface area contributed by atoms with Crippen molar-refractivity contribution in [3.8, 4) is 0 Å². The molecule has 1 aromatic rings. The summed E-state index contributed by atoms with van der Waals surface area (Å²) in [6.07, 6.45) is 8.35. The molecule has 1 spiro atoms. The fraction of sp³-hybridized carbons (Fsp3) is 0.625. The van der Waals surface area contributed by atoms with Crippen molar-refractivity contribution >= 4 is 21.6 Å². The van der Waals surface area contributed by atoms with E-state index in [4.69, 9.17) is 0 Å². The Labute approximate surface area is 123 Å². The van der Waals surface area contributed by atoms with Crippen LogP contribution >= 0.6 is 15.9 Å². The van der Waals surface area contributed by atoms with Crippen LogP contribution in [0.2, 0.25) is 0 Å². The van der Waals surface area contributed by atoms with Gasteiger partial charge in [-0.25, -0.2) is 4.39 Å². The highest BCUT2D eigenvalue weighted by atomic mass is 79.9. The van der Waals surface area contributed by atoms with Gasteiger partial charge in [0.15, 0.2) is 0 Å². The maximum Gasteiger partial charge on any atom is 0.137 e. The average Bonchev–Trinajstić information content (AvgIpc) is 2.58. The van der Waals surface area contributed by atoms with Crippen LogP contribution in [0.3, 0.4) is 0 Å². The second-order valence-electron chi connectivity index (χ2n) is 6.32. The Morgan fingerprint density at radius 2 is 1.74 bits per heavy atom. The molecule has 1 saturated heterocycles. The molecule has 19 heavy (non-hydrogen) atoms. The molecule has 0 unspecified atom stereocenters. The van der Waals surface area contributed by atoms with Crippen molar-refractivity contribution < 1.29 is 4.39 Å². The Bertz CT molecular complexity index is 470. The van der Waals surface area contributed by atoms with Crippen LogP contribution in [-0.4, -0.2) is 13.1 Å². The Morgan fingerprint density at radius 3 is 2.37 bits per heavy atom. The molecule has 2 aliphatic rings. The van der Waals surface area contributed by atoms with E-state index in [1.807, 2.05) is 13.0 Å². The molecular formula is C16H21BrFN. The molecule has 104 valence electrons. The van der Waals surface area contributed by atoms with Crippen LogP contribution in [0.25, 0.3) is 0 Å². The van der Waals surface area contributed by atoms with Crippen molar-refractivity contribution in [3.05, 3.63) is 28.0 Å². The van der Waals surface area contributed by atoms with E-state index in [1.165, 1.54) is 44.2 Å². The summed E-state index contributed by atoms with van der Waals surface area (Å²) in [6.45, 7) is 4.32. The maximum atomic E-state index is 13.5. The van der Waals surface area contributed by atoms with Gasteiger partial charge in [-0.3, -0.25) is 0 Å². The molecule has 1 aliphatic carbocycles.